The van der Waals surface area contributed by atoms with E-state index in [2.05, 4.69) is 0 Å². The van der Waals surface area contributed by atoms with Crippen molar-refractivity contribution in [2.75, 3.05) is 6.61 Å². The maximum absolute atomic E-state index is 13.4. The van der Waals surface area contributed by atoms with Gasteiger partial charge < -0.3 is 9.84 Å². The number of nitrogens with zero attached hydrogens (tertiary/aromatic N) is 1. The highest BCUT2D eigenvalue weighted by molar-refractivity contribution is 5.94. The summed E-state index contributed by atoms with van der Waals surface area (Å²) >= 11 is 0. The van der Waals surface area contributed by atoms with Gasteiger partial charge in [-0.15, -0.1) is 0 Å². The smallest absolute Gasteiger partial charge is 0.335 e. The summed E-state index contributed by atoms with van der Waals surface area (Å²) in [7, 11) is 0. The van der Waals surface area contributed by atoms with Crippen LogP contribution in [0.25, 0.3) is 22.2 Å². The molecule has 0 aliphatic rings. The number of aryl methyl sites for hydroxylation is 1. The quantitative estimate of drug-likeness (QED) is 0.355. The van der Waals surface area contributed by atoms with E-state index in [9.17, 15) is 19.1 Å². The second-order valence-corrected chi connectivity index (χ2v) is 8.00. The Balaban J connectivity index is 1.82. The fourth-order valence-corrected chi connectivity index (χ4v) is 3.32. The van der Waals surface area contributed by atoms with Crippen LogP contribution in [0, 0.1) is 11.7 Å². The molecule has 0 aliphatic carbocycles. The van der Waals surface area contributed by atoms with Gasteiger partial charge in [0.05, 0.1) is 23.4 Å². The van der Waals surface area contributed by atoms with Gasteiger partial charge in [-0.2, -0.15) is 0 Å². The van der Waals surface area contributed by atoms with Gasteiger partial charge in [0.15, 0.2) is 0 Å². The first-order valence-corrected chi connectivity index (χ1v) is 10.4. The van der Waals surface area contributed by atoms with Gasteiger partial charge in [-0.25, -0.2) is 14.2 Å². The van der Waals surface area contributed by atoms with Crippen molar-refractivity contribution >= 4 is 22.8 Å². The van der Waals surface area contributed by atoms with Crippen molar-refractivity contribution in [3.05, 3.63) is 65.5 Å². The van der Waals surface area contributed by atoms with Crippen molar-refractivity contribution in [3.63, 3.8) is 0 Å². The summed E-state index contributed by atoms with van der Waals surface area (Å²) in [5.74, 6) is -1.21. The molecule has 162 valence electrons. The number of halogens is 1. The van der Waals surface area contributed by atoms with E-state index >= 15 is 0 Å². The summed E-state index contributed by atoms with van der Waals surface area (Å²) in [6, 6.07) is 12.9. The lowest BCUT2D eigenvalue weighted by Crippen LogP contribution is -2.09. The van der Waals surface area contributed by atoms with Gasteiger partial charge in [-0.3, -0.25) is 4.79 Å². The number of aromatic carboxylic acids is 1. The summed E-state index contributed by atoms with van der Waals surface area (Å²) in [5.41, 5.74) is 3.32. The fourth-order valence-electron chi connectivity index (χ4n) is 3.32. The maximum atomic E-state index is 13.4. The van der Waals surface area contributed by atoms with Crippen LogP contribution in [-0.2, 0) is 16.0 Å². The molecular weight excluding hydrogens is 397 g/mol. The van der Waals surface area contributed by atoms with Gasteiger partial charge in [0.2, 0.25) is 0 Å². The summed E-state index contributed by atoms with van der Waals surface area (Å²) in [5, 5.41) is 10.0. The van der Waals surface area contributed by atoms with E-state index in [1.54, 1.807) is 24.3 Å². The average Bonchev–Trinajstić information content (AvgIpc) is 2.74. The van der Waals surface area contributed by atoms with Crippen LogP contribution in [0.3, 0.4) is 0 Å². The molecule has 1 N–H and O–H groups in total. The second-order valence-electron chi connectivity index (χ2n) is 8.00. The second kappa shape index (κ2) is 10.2. The number of rotatable bonds is 9. The molecule has 0 amide bonds. The Hall–Kier alpha value is -3.28. The van der Waals surface area contributed by atoms with Crippen molar-refractivity contribution in [1.29, 1.82) is 0 Å². The van der Waals surface area contributed by atoms with Gasteiger partial charge in [-0.1, -0.05) is 13.8 Å². The number of carbonyl (C=O) groups excluding carboxylic acids is 1. The van der Waals surface area contributed by atoms with Crippen LogP contribution in [0.1, 0.15) is 49.0 Å². The number of hydrogen-bond acceptors (Lipinski definition) is 4. The maximum Gasteiger partial charge on any atom is 0.335 e. The standard InChI is InChI=1S/C25H26FNO4/c1-16(2)15-31-23(28)6-4-3-5-18-13-20-14-19(25(29)30)9-12-22(20)27-24(18)17-7-10-21(26)11-8-17/h7-14,16H,3-6,15H2,1-2H3,(H,29,30). The lowest BCUT2D eigenvalue weighted by molar-refractivity contribution is -0.144. The van der Waals surface area contributed by atoms with Crippen LogP contribution in [-0.4, -0.2) is 28.6 Å². The first-order chi connectivity index (χ1) is 14.8. The van der Waals surface area contributed by atoms with Gasteiger partial charge in [0.25, 0.3) is 0 Å². The zero-order valence-corrected chi connectivity index (χ0v) is 17.7. The molecule has 0 bridgehead atoms. The Morgan fingerprint density at radius 1 is 1.06 bits per heavy atom. The molecule has 0 aliphatic heterocycles. The Labute approximate surface area is 180 Å². The van der Waals surface area contributed by atoms with E-state index < -0.39 is 5.97 Å². The number of fused-ring (bicyclic) bond motifs is 1. The minimum atomic E-state index is -0.994. The third-order valence-electron chi connectivity index (χ3n) is 4.91. The molecule has 0 spiro atoms. The molecule has 0 saturated carbocycles. The number of carbonyl (C=O) groups is 2. The topological polar surface area (TPSA) is 76.5 Å². The SMILES string of the molecule is CC(C)COC(=O)CCCCc1cc2cc(C(=O)O)ccc2nc1-c1ccc(F)cc1. The summed E-state index contributed by atoms with van der Waals surface area (Å²) in [4.78, 5) is 27.9. The van der Waals surface area contributed by atoms with Crippen LogP contribution in [0.15, 0.2) is 48.5 Å². The molecule has 2 aromatic carbocycles. The Morgan fingerprint density at radius 3 is 2.48 bits per heavy atom. The number of aromatic nitrogens is 1. The predicted molar refractivity (Wildman–Crippen MR) is 117 cm³/mol. The highest BCUT2D eigenvalue weighted by Gasteiger charge is 2.12. The Morgan fingerprint density at radius 2 is 1.81 bits per heavy atom. The van der Waals surface area contributed by atoms with Crippen molar-refractivity contribution in [3.8, 4) is 11.3 Å². The zero-order valence-electron chi connectivity index (χ0n) is 17.7. The van der Waals surface area contributed by atoms with E-state index in [1.807, 2.05) is 19.9 Å². The average molecular weight is 423 g/mol. The number of carboxylic acid groups (broad SMARTS) is 1. The van der Waals surface area contributed by atoms with Crippen molar-refractivity contribution < 1.29 is 23.8 Å². The normalized spacial score (nSPS) is 11.1. The van der Waals surface area contributed by atoms with E-state index in [1.165, 1.54) is 18.2 Å². The van der Waals surface area contributed by atoms with Gasteiger partial charge in [-0.05, 0) is 79.3 Å². The van der Waals surface area contributed by atoms with E-state index in [0.717, 1.165) is 28.6 Å². The van der Waals surface area contributed by atoms with Gasteiger partial charge >= 0.3 is 11.9 Å². The highest BCUT2D eigenvalue weighted by Crippen LogP contribution is 2.28. The molecule has 0 atom stereocenters. The molecule has 6 heteroatoms. The van der Waals surface area contributed by atoms with Gasteiger partial charge in [0.1, 0.15) is 5.82 Å². The number of hydrogen-bond donors (Lipinski definition) is 1. The largest absolute Gasteiger partial charge is 0.478 e. The lowest BCUT2D eigenvalue weighted by atomic mass is 9.98. The lowest BCUT2D eigenvalue weighted by Gasteiger charge is -2.12. The van der Waals surface area contributed by atoms with Crippen LogP contribution >= 0.6 is 0 Å². The third-order valence-corrected chi connectivity index (χ3v) is 4.91. The summed E-state index contributed by atoms with van der Waals surface area (Å²) in [6.07, 6.45) is 2.43. The van der Waals surface area contributed by atoms with Crippen molar-refractivity contribution in [1.82, 2.24) is 4.98 Å². The molecule has 1 aromatic heterocycles. The van der Waals surface area contributed by atoms with E-state index in [4.69, 9.17) is 9.72 Å². The molecule has 0 saturated heterocycles. The third kappa shape index (κ3) is 6.10. The molecule has 0 unspecified atom stereocenters. The number of esters is 1. The first kappa shape index (κ1) is 22.4. The number of carboxylic acids is 1. The molecule has 5 nitrogen and oxygen atoms in total. The Bertz CT molecular complexity index is 1080. The van der Waals surface area contributed by atoms with Crippen LogP contribution in [0.5, 0.6) is 0 Å². The Kier molecular flexibility index (Phi) is 7.34. The number of ether oxygens (including phenoxy) is 1. The molecule has 0 fully saturated rings. The van der Waals surface area contributed by atoms with Crippen LogP contribution in [0.4, 0.5) is 4.39 Å². The molecular formula is C25H26FNO4. The van der Waals surface area contributed by atoms with Gasteiger partial charge in [0, 0.05) is 17.4 Å². The van der Waals surface area contributed by atoms with Crippen molar-refractivity contribution in [2.24, 2.45) is 5.92 Å². The zero-order chi connectivity index (χ0) is 22.4. The summed E-state index contributed by atoms with van der Waals surface area (Å²) < 4.78 is 18.6. The fraction of sp³-hybridized carbons (Fsp3) is 0.320. The molecule has 0 radical (unpaired) electrons. The summed E-state index contributed by atoms with van der Waals surface area (Å²) in [6.45, 7) is 4.41. The van der Waals surface area contributed by atoms with Crippen LogP contribution < -0.4 is 0 Å². The first-order valence-electron chi connectivity index (χ1n) is 10.4. The monoisotopic (exact) mass is 423 g/mol. The number of unbranched alkanes of at least 4 members (excludes halogenated alkanes) is 1. The van der Waals surface area contributed by atoms with Crippen LogP contribution in [0.2, 0.25) is 0 Å². The highest BCUT2D eigenvalue weighted by atomic mass is 19.1. The number of pyridine rings is 1. The molecule has 31 heavy (non-hydrogen) atoms. The molecule has 3 rings (SSSR count). The minimum Gasteiger partial charge on any atom is -0.478 e. The molecule has 3 aromatic rings. The minimum absolute atomic E-state index is 0.197. The van der Waals surface area contributed by atoms with E-state index in [-0.39, 0.29) is 17.3 Å². The van der Waals surface area contributed by atoms with E-state index in [0.29, 0.717) is 37.3 Å². The number of benzene rings is 2. The predicted octanol–water partition coefficient (Wildman–Crippen LogP) is 5.65. The van der Waals surface area contributed by atoms with Crippen molar-refractivity contribution in [2.45, 2.75) is 39.5 Å². The molecule has 1 heterocycles.